The molecule has 41 heavy (non-hydrogen) atoms. The lowest BCUT2D eigenvalue weighted by atomic mass is 9.98. The van der Waals surface area contributed by atoms with Gasteiger partial charge in [0.25, 0.3) is 0 Å². The van der Waals surface area contributed by atoms with Gasteiger partial charge < -0.3 is 4.42 Å². The van der Waals surface area contributed by atoms with Gasteiger partial charge in [-0.1, -0.05) is 97.1 Å². The lowest BCUT2D eigenvalue weighted by molar-refractivity contribution is 0.654. The van der Waals surface area contributed by atoms with E-state index in [2.05, 4.69) is 59.6 Å². The Morgan fingerprint density at radius 1 is 0.415 bits per heavy atom. The molecular formula is C36H20N4O. The van der Waals surface area contributed by atoms with Gasteiger partial charge >= 0.3 is 0 Å². The molecule has 0 fully saturated rings. The highest BCUT2D eigenvalue weighted by atomic mass is 16.3. The first kappa shape index (κ1) is 22.2. The number of fused-ring (bicyclic) bond motifs is 6. The van der Waals surface area contributed by atoms with E-state index in [0.29, 0.717) is 23.2 Å². The highest BCUT2D eigenvalue weighted by Gasteiger charge is 2.24. The van der Waals surface area contributed by atoms with Crippen LogP contribution in [-0.2, 0) is 0 Å². The molecule has 8 aromatic rings. The summed E-state index contributed by atoms with van der Waals surface area (Å²) in [5.74, 6) is 1.83. The van der Waals surface area contributed by atoms with Crippen molar-refractivity contribution in [2.45, 2.75) is 0 Å². The van der Waals surface area contributed by atoms with Gasteiger partial charge in [0.1, 0.15) is 5.58 Å². The lowest BCUT2D eigenvalue weighted by Crippen LogP contribution is -2.01. The summed E-state index contributed by atoms with van der Waals surface area (Å²) in [5.41, 5.74) is 9.12. The molecule has 5 aromatic carbocycles. The molecule has 5 heteroatoms. The van der Waals surface area contributed by atoms with E-state index in [9.17, 15) is 0 Å². The molecule has 0 amide bonds. The minimum absolute atomic E-state index is 0.565. The maximum atomic E-state index is 6.08. The highest BCUT2D eigenvalue weighted by Crippen LogP contribution is 2.49. The average Bonchev–Trinajstić information content (AvgIpc) is 3.59. The Bertz CT molecular complexity index is 2290. The molecule has 0 atom stereocenters. The van der Waals surface area contributed by atoms with E-state index in [0.717, 1.165) is 38.4 Å². The van der Waals surface area contributed by atoms with E-state index in [4.69, 9.17) is 19.4 Å². The predicted molar refractivity (Wildman–Crippen MR) is 163 cm³/mol. The van der Waals surface area contributed by atoms with Crippen LogP contribution in [0.2, 0.25) is 0 Å². The molecule has 0 radical (unpaired) electrons. The first-order chi connectivity index (χ1) is 20.3. The SMILES string of the molecule is c1ccc(-c2nc(-c3ccc4c5c(cccc35)-c3ccccc3-4)nc(-c3ccnc4oc5ccccc5c34)n2)cc1. The summed E-state index contributed by atoms with van der Waals surface area (Å²) < 4.78 is 6.08. The van der Waals surface area contributed by atoms with Gasteiger partial charge in [-0.15, -0.1) is 0 Å². The van der Waals surface area contributed by atoms with Crippen molar-refractivity contribution in [1.29, 1.82) is 0 Å². The fraction of sp³-hybridized carbons (Fsp3) is 0. The molecule has 190 valence electrons. The molecule has 9 rings (SSSR count). The van der Waals surface area contributed by atoms with Gasteiger partial charge in [0, 0.05) is 28.3 Å². The number of aromatic nitrogens is 4. The van der Waals surface area contributed by atoms with Crippen molar-refractivity contribution in [2.24, 2.45) is 0 Å². The third kappa shape index (κ3) is 3.23. The first-order valence-electron chi connectivity index (χ1n) is 13.6. The number of para-hydroxylation sites is 1. The fourth-order valence-corrected chi connectivity index (χ4v) is 6.17. The number of pyridine rings is 1. The van der Waals surface area contributed by atoms with E-state index < -0.39 is 0 Å². The quantitative estimate of drug-likeness (QED) is 0.231. The molecule has 0 saturated carbocycles. The van der Waals surface area contributed by atoms with E-state index in [1.54, 1.807) is 6.20 Å². The number of benzene rings is 5. The van der Waals surface area contributed by atoms with Crippen molar-refractivity contribution in [3.05, 3.63) is 121 Å². The van der Waals surface area contributed by atoms with E-state index >= 15 is 0 Å². The molecule has 3 heterocycles. The third-order valence-corrected chi connectivity index (χ3v) is 7.98. The Labute approximate surface area is 234 Å². The van der Waals surface area contributed by atoms with E-state index in [1.807, 2.05) is 60.7 Å². The Hall–Kier alpha value is -5.68. The Balaban J connectivity index is 1.34. The maximum absolute atomic E-state index is 6.08. The van der Waals surface area contributed by atoms with Crippen LogP contribution in [0.4, 0.5) is 0 Å². The molecule has 0 bridgehead atoms. The van der Waals surface area contributed by atoms with Crippen LogP contribution in [-0.4, -0.2) is 19.9 Å². The minimum atomic E-state index is 0.565. The number of hydrogen-bond acceptors (Lipinski definition) is 5. The first-order valence-corrected chi connectivity index (χ1v) is 13.6. The molecule has 0 spiro atoms. The van der Waals surface area contributed by atoms with Gasteiger partial charge in [-0.05, 0) is 51.2 Å². The molecule has 0 N–H and O–H groups in total. The van der Waals surface area contributed by atoms with Crippen LogP contribution in [0.25, 0.3) is 89.3 Å². The van der Waals surface area contributed by atoms with Gasteiger partial charge in [-0.25, -0.2) is 19.9 Å². The zero-order chi connectivity index (χ0) is 26.9. The smallest absolute Gasteiger partial charge is 0.228 e. The van der Waals surface area contributed by atoms with Gasteiger partial charge in [-0.3, -0.25) is 0 Å². The normalized spacial score (nSPS) is 11.9. The number of furan rings is 1. The molecule has 1 aliphatic rings. The summed E-state index contributed by atoms with van der Waals surface area (Å²) in [4.78, 5) is 19.7. The summed E-state index contributed by atoms with van der Waals surface area (Å²) in [6, 6.07) is 39.4. The minimum Gasteiger partial charge on any atom is -0.438 e. The standard InChI is InChI=1S/C36H20N4O/c1-2-9-21(10-3-1)33-38-34(27-18-17-26-23-12-5-4-11-22(23)24-14-8-15-25(27)31(24)26)40-35(39-33)29-19-20-37-36-32(29)28-13-6-7-16-30(28)41-36/h1-20H. The van der Waals surface area contributed by atoms with Crippen molar-refractivity contribution in [3.63, 3.8) is 0 Å². The van der Waals surface area contributed by atoms with Crippen molar-refractivity contribution in [1.82, 2.24) is 19.9 Å². The summed E-state index contributed by atoms with van der Waals surface area (Å²) in [7, 11) is 0. The van der Waals surface area contributed by atoms with Crippen molar-refractivity contribution >= 4 is 32.8 Å². The van der Waals surface area contributed by atoms with Gasteiger partial charge in [0.2, 0.25) is 5.71 Å². The summed E-state index contributed by atoms with van der Waals surface area (Å²) in [6.07, 6.45) is 1.75. The van der Waals surface area contributed by atoms with Crippen LogP contribution >= 0.6 is 0 Å². The molecule has 5 nitrogen and oxygen atoms in total. The second-order valence-electron chi connectivity index (χ2n) is 10.2. The lowest BCUT2D eigenvalue weighted by Gasteiger charge is -2.12. The molecule has 0 unspecified atom stereocenters. The third-order valence-electron chi connectivity index (χ3n) is 7.98. The second-order valence-corrected chi connectivity index (χ2v) is 10.2. The van der Waals surface area contributed by atoms with Crippen LogP contribution < -0.4 is 0 Å². The predicted octanol–water partition coefficient (Wildman–Crippen LogP) is 8.97. The monoisotopic (exact) mass is 524 g/mol. The maximum Gasteiger partial charge on any atom is 0.228 e. The summed E-state index contributed by atoms with van der Waals surface area (Å²) in [5, 5.41) is 4.24. The summed E-state index contributed by atoms with van der Waals surface area (Å²) in [6.45, 7) is 0. The number of nitrogens with zero attached hydrogens (tertiary/aromatic N) is 4. The number of hydrogen-bond donors (Lipinski definition) is 0. The van der Waals surface area contributed by atoms with Crippen LogP contribution in [0, 0.1) is 0 Å². The Morgan fingerprint density at radius 2 is 1.05 bits per heavy atom. The Morgan fingerprint density at radius 3 is 1.90 bits per heavy atom. The summed E-state index contributed by atoms with van der Waals surface area (Å²) >= 11 is 0. The second kappa shape index (κ2) is 8.41. The van der Waals surface area contributed by atoms with Crippen molar-refractivity contribution < 1.29 is 4.42 Å². The average molecular weight is 525 g/mol. The zero-order valence-electron chi connectivity index (χ0n) is 21.7. The Kier molecular flexibility index (Phi) is 4.55. The van der Waals surface area contributed by atoms with Crippen LogP contribution in [0.3, 0.4) is 0 Å². The van der Waals surface area contributed by atoms with Crippen LogP contribution in [0.5, 0.6) is 0 Å². The van der Waals surface area contributed by atoms with E-state index in [-0.39, 0.29) is 0 Å². The van der Waals surface area contributed by atoms with Gasteiger partial charge in [0.15, 0.2) is 17.5 Å². The van der Waals surface area contributed by atoms with Crippen molar-refractivity contribution in [2.75, 3.05) is 0 Å². The molecule has 0 aliphatic heterocycles. The van der Waals surface area contributed by atoms with Gasteiger partial charge in [0.05, 0.1) is 5.39 Å². The zero-order valence-corrected chi connectivity index (χ0v) is 21.7. The topological polar surface area (TPSA) is 64.7 Å². The molecule has 0 saturated heterocycles. The van der Waals surface area contributed by atoms with E-state index in [1.165, 1.54) is 27.6 Å². The fourth-order valence-electron chi connectivity index (χ4n) is 6.17. The molecular weight excluding hydrogens is 504 g/mol. The van der Waals surface area contributed by atoms with Gasteiger partial charge in [-0.2, -0.15) is 0 Å². The molecule has 3 aromatic heterocycles. The number of rotatable bonds is 3. The van der Waals surface area contributed by atoms with Crippen LogP contribution in [0.1, 0.15) is 0 Å². The van der Waals surface area contributed by atoms with Crippen LogP contribution in [0.15, 0.2) is 126 Å². The largest absolute Gasteiger partial charge is 0.438 e. The molecule has 1 aliphatic carbocycles. The van der Waals surface area contributed by atoms with Crippen molar-refractivity contribution in [3.8, 4) is 56.4 Å². The highest BCUT2D eigenvalue weighted by molar-refractivity contribution is 6.18.